The summed E-state index contributed by atoms with van der Waals surface area (Å²) < 4.78 is 0. The van der Waals surface area contributed by atoms with Gasteiger partial charge in [0.05, 0.1) is 0 Å². The van der Waals surface area contributed by atoms with Crippen molar-refractivity contribution < 1.29 is 4.79 Å². The molecular formula is C15H22N2O. The lowest BCUT2D eigenvalue weighted by Gasteiger charge is -2.14. The summed E-state index contributed by atoms with van der Waals surface area (Å²) >= 11 is 0. The van der Waals surface area contributed by atoms with E-state index < -0.39 is 0 Å². The molecule has 1 saturated carbocycles. The highest BCUT2D eigenvalue weighted by Gasteiger charge is 2.19. The number of carbonyl (C=O) groups excluding carboxylic acids is 1. The van der Waals surface area contributed by atoms with E-state index in [0.29, 0.717) is 6.54 Å². The van der Waals surface area contributed by atoms with Crippen molar-refractivity contribution in [1.29, 1.82) is 0 Å². The molecule has 3 N–H and O–H groups in total. The topological polar surface area (TPSA) is 55.1 Å². The Bertz CT molecular complexity index is 395. The van der Waals surface area contributed by atoms with Crippen LogP contribution in [-0.2, 0) is 11.3 Å². The standard InChI is InChI=1S/C15H22N2O/c16-14-9-5-6-12(10-14)11-17-15(18)13-7-3-1-2-4-8-13/h5-6,9-10,13H,1-4,7-8,11,16H2,(H,17,18). The van der Waals surface area contributed by atoms with E-state index in [1.54, 1.807) is 0 Å². The predicted octanol–water partition coefficient (Wildman–Crippen LogP) is 2.86. The van der Waals surface area contributed by atoms with Crippen molar-refractivity contribution in [3.8, 4) is 0 Å². The predicted molar refractivity (Wildman–Crippen MR) is 73.9 cm³/mol. The molecule has 0 bridgehead atoms. The van der Waals surface area contributed by atoms with E-state index in [1.165, 1.54) is 25.7 Å². The molecule has 1 aromatic carbocycles. The Kier molecular flexibility index (Phi) is 4.62. The van der Waals surface area contributed by atoms with Crippen molar-refractivity contribution in [1.82, 2.24) is 5.32 Å². The minimum Gasteiger partial charge on any atom is -0.399 e. The van der Waals surface area contributed by atoms with Gasteiger partial charge < -0.3 is 11.1 Å². The molecule has 98 valence electrons. The molecule has 0 aliphatic heterocycles. The molecule has 0 aromatic heterocycles. The largest absolute Gasteiger partial charge is 0.399 e. The van der Waals surface area contributed by atoms with Crippen molar-refractivity contribution in [3.05, 3.63) is 29.8 Å². The van der Waals surface area contributed by atoms with E-state index in [4.69, 9.17) is 5.73 Å². The van der Waals surface area contributed by atoms with Gasteiger partial charge in [0.15, 0.2) is 0 Å². The summed E-state index contributed by atoms with van der Waals surface area (Å²) in [5.74, 6) is 0.424. The lowest BCUT2D eigenvalue weighted by atomic mass is 9.99. The molecule has 2 rings (SSSR count). The molecule has 1 aliphatic carbocycles. The van der Waals surface area contributed by atoms with E-state index in [9.17, 15) is 4.79 Å². The number of amides is 1. The number of anilines is 1. The van der Waals surface area contributed by atoms with Gasteiger partial charge in [-0.1, -0.05) is 37.8 Å². The Balaban J connectivity index is 1.83. The monoisotopic (exact) mass is 246 g/mol. The molecule has 3 heteroatoms. The summed E-state index contributed by atoms with van der Waals surface area (Å²) in [6.45, 7) is 0.584. The summed E-state index contributed by atoms with van der Waals surface area (Å²) in [5.41, 5.74) is 7.53. The molecule has 0 spiro atoms. The van der Waals surface area contributed by atoms with Crippen molar-refractivity contribution >= 4 is 11.6 Å². The smallest absolute Gasteiger partial charge is 0.223 e. The van der Waals surface area contributed by atoms with Gasteiger partial charge in [0.2, 0.25) is 5.91 Å². The Morgan fingerprint density at radius 2 is 1.94 bits per heavy atom. The number of rotatable bonds is 3. The van der Waals surface area contributed by atoms with Crippen molar-refractivity contribution in [3.63, 3.8) is 0 Å². The number of nitrogen functional groups attached to an aromatic ring is 1. The highest BCUT2D eigenvalue weighted by Crippen LogP contribution is 2.22. The lowest BCUT2D eigenvalue weighted by Crippen LogP contribution is -2.30. The molecule has 1 amide bonds. The SMILES string of the molecule is Nc1cccc(CNC(=O)C2CCCCCC2)c1. The minimum atomic E-state index is 0.208. The first-order chi connectivity index (χ1) is 8.75. The van der Waals surface area contributed by atoms with Crippen LogP contribution in [0.5, 0.6) is 0 Å². The first-order valence-corrected chi connectivity index (χ1v) is 6.88. The van der Waals surface area contributed by atoms with Crippen LogP contribution in [0.15, 0.2) is 24.3 Å². The maximum atomic E-state index is 12.1. The Labute approximate surface area is 109 Å². The van der Waals surface area contributed by atoms with Gasteiger partial charge in [-0.15, -0.1) is 0 Å². The summed E-state index contributed by atoms with van der Waals surface area (Å²) in [4.78, 5) is 12.1. The van der Waals surface area contributed by atoms with Gasteiger partial charge in [-0.3, -0.25) is 4.79 Å². The second-order valence-electron chi connectivity index (χ2n) is 5.15. The van der Waals surface area contributed by atoms with Crippen LogP contribution in [0.1, 0.15) is 44.1 Å². The van der Waals surface area contributed by atoms with Crippen LogP contribution in [-0.4, -0.2) is 5.91 Å². The lowest BCUT2D eigenvalue weighted by molar-refractivity contribution is -0.125. The van der Waals surface area contributed by atoms with E-state index in [-0.39, 0.29) is 11.8 Å². The molecule has 0 atom stereocenters. The van der Waals surface area contributed by atoms with E-state index >= 15 is 0 Å². The van der Waals surface area contributed by atoms with Gasteiger partial charge in [0.25, 0.3) is 0 Å². The van der Waals surface area contributed by atoms with Gasteiger partial charge in [-0.05, 0) is 30.5 Å². The fourth-order valence-electron chi connectivity index (χ4n) is 2.58. The first kappa shape index (κ1) is 12.9. The highest BCUT2D eigenvalue weighted by atomic mass is 16.1. The van der Waals surface area contributed by atoms with Crippen LogP contribution in [0.2, 0.25) is 0 Å². The van der Waals surface area contributed by atoms with Crippen molar-refractivity contribution in [2.45, 2.75) is 45.1 Å². The molecule has 0 radical (unpaired) electrons. The number of hydrogen-bond acceptors (Lipinski definition) is 2. The number of nitrogens with two attached hydrogens (primary N) is 1. The molecule has 0 unspecified atom stereocenters. The van der Waals surface area contributed by atoms with Gasteiger partial charge in [-0.2, -0.15) is 0 Å². The van der Waals surface area contributed by atoms with E-state index in [0.717, 1.165) is 24.1 Å². The zero-order valence-electron chi connectivity index (χ0n) is 10.8. The minimum absolute atomic E-state index is 0.208. The number of hydrogen-bond donors (Lipinski definition) is 2. The summed E-state index contributed by atoms with van der Waals surface area (Å²) in [6.07, 6.45) is 7.02. The number of carbonyl (C=O) groups is 1. The van der Waals surface area contributed by atoms with Gasteiger partial charge in [0, 0.05) is 18.2 Å². The van der Waals surface area contributed by atoms with Crippen LogP contribution in [0.4, 0.5) is 5.69 Å². The molecule has 0 heterocycles. The van der Waals surface area contributed by atoms with Gasteiger partial charge in [0.1, 0.15) is 0 Å². The molecule has 1 aliphatic rings. The van der Waals surface area contributed by atoms with Crippen LogP contribution in [0.25, 0.3) is 0 Å². The number of benzene rings is 1. The summed E-state index contributed by atoms with van der Waals surface area (Å²) in [6, 6.07) is 7.68. The average Bonchev–Trinajstić information content (AvgIpc) is 2.65. The zero-order valence-corrected chi connectivity index (χ0v) is 10.8. The second kappa shape index (κ2) is 6.43. The van der Waals surface area contributed by atoms with Gasteiger partial charge in [-0.25, -0.2) is 0 Å². The maximum Gasteiger partial charge on any atom is 0.223 e. The van der Waals surface area contributed by atoms with Crippen molar-refractivity contribution in [2.75, 3.05) is 5.73 Å². The van der Waals surface area contributed by atoms with Gasteiger partial charge >= 0.3 is 0 Å². The quantitative estimate of drug-likeness (QED) is 0.636. The Morgan fingerprint density at radius 3 is 2.61 bits per heavy atom. The van der Waals surface area contributed by atoms with E-state index in [1.807, 2.05) is 24.3 Å². The number of nitrogens with one attached hydrogen (secondary N) is 1. The Hall–Kier alpha value is -1.51. The van der Waals surface area contributed by atoms with Crippen LogP contribution >= 0.6 is 0 Å². The normalized spacial score (nSPS) is 17.1. The molecular weight excluding hydrogens is 224 g/mol. The fraction of sp³-hybridized carbons (Fsp3) is 0.533. The summed E-state index contributed by atoms with van der Waals surface area (Å²) in [7, 11) is 0. The molecule has 18 heavy (non-hydrogen) atoms. The van der Waals surface area contributed by atoms with Crippen molar-refractivity contribution in [2.24, 2.45) is 5.92 Å². The van der Waals surface area contributed by atoms with Crippen LogP contribution in [0, 0.1) is 5.92 Å². The zero-order chi connectivity index (χ0) is 12.8. The third kappa shape index (κ3) is 3.76. The Morgan fingerprint density at radius 1 is 1.22 bits per heavy atom. The van der Waals surface area contributed by atoms with E-state index in [2.05, 4.69) is 5.32 Å². The first-order valence-electron chi connectivity index (χ1n) is 6.88. The average molecular weight is 246 g/mol. The molecule has 3 nitrogen and oxygen atoms in total. The maximum absolute atomic E-state index is 12.1. The molecule has 1 aromatic rings. The molecule has 1 fully saturated rings. The van der Waals surface area contributed by atoms with Crippen LogP contribution < -0.4 is 11.1 Å². The summed E-state index contributed by atoms with van der Waals surface area (Å²) in [5, 5.41) is 3.03. The van der Waals surface area contributed by atoms with Crippen LogP contribution in [0.3, 0.4) is 0 Å². The second-order valence-corrected chi connectivity index (χ2v) is 5.15. The highest BCUT2D eigenvalue weighted by molar-refractivity contribution is 5.78. The molecule has 0 saturated heterocycles. The third-order valence-corrected chi connectivity index (χ3v) is 3.64. The fourth-order valence-corrected chi connectivity index (χ4v) is 2.58. The third-order valence-electron chi connectivity index (χ3n) is 3.64.